The lowest BCUT2D eigenvalue weighted by atomic mass is 10.1. The van der Waals surface area contributed by atoms with Crippen molar-refractivity contribution >= 4 is 69.7 Å². The van der Waals surface area contributed by atoms with Crippen LogP contribution in [0.3, 0.4) is 0 Å². The van der Waals surface area contributed by atoms with Gasteiger partial charge in [-0.1, -0.05) is 73.5 Å². The summed E-state index contributed by atoms with van der Waals surface area (Å²) in [7, 11) is 0. The van der Waals surface area contributed by atoms with Crippen molar-refractivity contribution in [2.24, 2.45) is 0 Å². The van der Waals surface area contributed by atoms with Gasteiger partial charge in [-0.15, -0.1) is 0 Å². The number of carboxylic acid groups (broad SMARTS) is 1. The Balaban J connectivity index is 2.61. The number of amides is 1. The Bertz CT molecular complexity index is 684. The van der Waals surface area contributed by atoms with Gasteiger partial charge in [-0.3, -0.25) is 4.79 Å². The minimum atomic E-state index is -1.84. The summed E-state index contributed by atoms with van der Waals surface area (Å²) in [5, 5.41) is 17.3. The van der Waals surface area contributed by atoms with Crippen molar-refractivity contribution in [3.63, 3.8) is 0 Å². The van der Waals surface area contributed by atoms with Crippen LogP contribution in [0.15, 0.2) is 24.3 Å². The Hall–Kier alpha value is -1.28. The van der Waals surface area contributed by atoms with Crippen LogP contribution in [0.1, 0.15) is 55.8 Å². The van der Waals surface area contributed by atoms with Crippen molar-refractivity contribution in [2.75, 3.05) is 5.32 Å². The lowest BCUT2D eigenvalue weighted by Gasteiger charge is -2.27. The maximum absolute atomic E-state index is 12.1. The third kappa shape index (κ3) is 9.78. The van der Waals surface area contributed by atoms with Crippen molar-refractivity contribution in [2.45, 2.75) is 55.4 Å². The number of alkyl halides is 3. The van der Waals surface area contributed by atoms with E-state index in [1.165, 1.54) is 12.1 Å². The van der Waals surface area contributed by atoms with E-state index in [1.54, 1.807) is 12.1 Å². The zero-order chi connectivity index (χ0) is 21.2. The van der Waals surface area contributed by atoms with E-state index < -0.39 is 15.9 Å². The second-order valence-electron chi connectivity index (χ2n) is 6.19. The lowest BCUT2D eigenvalue weighted by molar-refractivity contribution is -0.122. The molecule has 1 aromatic carbocycles. The molecule has 156 valence electrons. The van der Waals surface area contributed by atoms with Crippen LogP contribution in [-0.4, -0.2) is 32.1 Å². The Morgan fingerprint density at radius 2 is 1.82 bits per heavy atom. The molecule has 0 bridgehead atoms. The van der Waals surface area contributed by atoms with Crippen molar-refractivity contribution < 1.29 is 14.7 Å². The largest absolute Gasteiger partial charge is 0.478 e. The molecule has 0 aliphatic heterocycles. The number of aromatic carboxylic acids is 1. The van der Waals surface area contributed by atoms with Gasteiger partial charge in [0.15, 0.2) is 5.11 Å². The molecule has 0 aliphatic carbocycles. The number of hydrogen-bond donors (Lipinski definition) is 4. The summed E-state index contributed by atoms with van der Waals surface area (Å²) in [5.74, 6) is -1.32. The van der Waals surface area contributed by atoms with Gasteiger partial charge in [0.2, 0.25) is 9.70 Å². The molecule has 0 aliphatic rings. The summed E-state index contributed by atoms with van der Waals surface area (Å²) in [6.07, 6.45) is 4.34. The molecule has 0 fully saturated rings. The predicted octanol–water partition coefficient (Wildman–Crippen LogP) is 4.84. The van der Waals surface area contributed by atoms with Gasteiger partial charge in [0, 0.05) is 12.1 Å². The summed E-state index contributed by atoms with van der Waals surface area (Å²) in [6, 6.07) is 6.07. The standard InChI is InChI=1S/C18H24Cl3N3O3S/c1-2-3-4-5-6-10-14(25)23-16(18(19,20)21)24-17(28)22-13-9-7-8-12(11-13)15(26)27/h7-9,11,16H,2-6,10H2,1H3,(H,23,25)(H,26,27)(H2,22,24,28)/t16-/m1/s1. The highest BCUT2D eigenvalue weighted by molar-refractivity contribution is 7.80. The molecule has 0 heterocycles. The van der Waals surface area contributed by atoms with E-state index in [9.17, 15) is 9.59 Å². The quantitative estimate of drug-likeness (QED) is 0.170. The topological polar surface area (TPSA) is 90.5 Å². The first kappa shape index (κ1) is 24.8. The fourth-order valence-corrected chi connectivity index (χ4v) is 2.91. The minimum absolute atomic E-state index is 0.0714. The molecule has 0 unspecified atom stereocenters. The fraction of sp³-hybridized carbons (Fsp3) is 0.500. The number of carboxylic acids is 1. The Labute approximate surface area is 185 Å². The van der Waals surface area contributed by atoms with Crippen molar-refractivity contribution in [1.82, 2.24) is 10.6 Å². The van der Waals surface area contributed by atoms with Gasteiger partial charge in [0.25, 0.3) is 0 Å². The first-order valence-electron chi connectivity index (χ1n) is 8.90. The number of rotatable bonds is 10. The molecular formula is C18H24Cl3N3O3S. The van der Waals surface area contributed by atoms with Crippen LogP contribution in [0.2, 0.25) is 0 Å². The highest BCUT2D eigenvalue weighted by Gasteiger charge is 2.34. The lowest BCUT2D eigenvalue weighted by Crippen LogP contribution is -2.56. The van der Waals surface area contributed by atoms with Gasteiger partial charge in [-0.25, -0.2) is 4.79 Å². The summed E-state index contributed by atoms with van der Waals surface area (Å²) in [6.45, 7) is 2.12. The molecule has 0 saturated carbocycles. The van der Waals surface area contributed by atoms with Gasteiger partial charge in [0.05, 0.1) is 5.56 Å². The molecule has 6 nitrogen and oxygen atoms in total. The molecule has 1 atom stereocenters. The fourth-order valence-electron chi connectivity index (χ4n) is 2.35. The number of halogens is 3. The van der Waals surface area contributed by atoms with Crippen LogP contribution in [-0.2, 0) is 4.79 Å². The summed E-state index contributed by atoms with van der Waals surface area (Å²) in [5.41, 5.74) is 0.546. The van der Waals surface area contributed by atoms with E-state index in [-0.39, 0.29) is 16.6 Å². The zero-order valence-corrected chi connectivity index (χ0v) is 18.5. The van der Waals surface area contributed by atoms with Crippen LogP contribution >= 0.6 is 47.0 Å². The molecule has 0 aromatic heterocycles. The minimum Gasteiger partial charge on any atom is -0.478 e. The Morgan fingerprint density at radius 1 is 1.14 bits per heavy atom. The Kier molecular flexibility index (Phi) is 10.9. The number of nitrogens with one attached hydrogen (secondary N) is 3. The second kappa shape index (κ2) is 12.3. The van der Waals surface area contributed by atoms with E-state index in [1.807, 2.05) is 0 Å². The molecule has 0 radical (unpaired) electrons. The molecule has 1 rings (SSSR count). The Morgan fingerprint density at radius 3 is 2.43 bits per heavy atom. The predicted molar refractivity (Wildman–Crippen MR) is 118 cm³/mol. The van der Waals surface area contributed by atoms with Crippen LogP contribution in [0, 0.1) is 0 Å². The zero-order valence-electron chi connectivity index (χ0n) is 15.4. The second-order valence-corrected chi connectivity index (χ2v) is 8.97. The van der Waals surface area contributed by atoms with E-state index in [2.05, 4.69) is 22.9 Å². The average molecular weight is 469 g/mol. The molecule has 0 saturated heterocycles. The molecule has 0 spiro atoms. The van der Waals surface area contributed by atoms with Crippen molar-refractivity contribution in [3.05, 3.63) is 29.8 Å². The third-order valence-electron chi connectivity index (χ3n) is 3.78. The number of benzene rings is 1. The maximum atomic E-state index is 12.1. The van der Waals surface area contributed by atoms with Crippen LogP contribution in [0.25, 0.3) is 0 Å². The molecule has 1 amide bonds. The summed E-state index contributed by atoms with van der Waals surface area (Å²) >= 11 is 23.0. The van der Waals surface area contributed by atoms with E-state index in [0.29, 0.717) is 12.1 Å². The van der Waals surface area contributed by atoms with Crippen LogP contribution < -0.4 is 16.0 Å². The van der Waals surface area contributed by atoms with Crippen LogP contribution in [0.4, 0.5) is 5.69 Å². The number of unbranched alkanes of at least 4 members (excludes halogenated alkanes) is 4. The first-order valence-corrected chi connectivity index (χ1v) is 10.4. The number of hydrogen-bond acceptors (Lipinski definition) is 3. The SMILES string of the molecule is CCCCCCCC(=O)N[C@H](NC(=S)Nc1cccc(C(=O)O)c1)C(Cl)(Cl)Cl. The number of carbonyl (C=O) groups is 2. The van der Waals surface area contributed by atoms with Crippen LogP contribution in [0.5, 0.6) is 0 Å². The average Bonchev–Trinajstić information content (AvgIpc) is 2.60. The summed E-state index contributed by atoms with van der Waals surface area (Å²) < 4.78 is -1.84. The van der Waals surface area contributed by atoms with E-state index >= 15 is 0 Å². The molecule has 28 heavy (non-hydrogen) atoms. The first-order chi connectivity index (χ1) is 13.1. The summed E-state index contributed by atoms with van der Waals surface area (Å²) in [4.78, 5) is 23.2. The van der Waals surface area contributed by atoms with Gasteiger partial charge in [-0.2, -0.15) is 0 Å². The van der Waals surface area contributed by atoms with E-state index in [4.69, 9.17) is 52.1 Å². The normalized spacial score (nSPS) is 12.1. The molecule has 10 heteroatoms. The van der Waals surface area contributed by atoms with Gasteiger partial charge < -0.3 is 21.1 Å². The smallest absolute Gasteiger partial charge is 0.335 e. The van der Waals surface area contributed by atoms with Gasteiger partial charge >= 0.3 is 5.97 Å². The van der Waals surface area contributed by atoms with Crippen molar-refractivity contribution in [3.8, 4) is 0 Å². The monoisotopic (exact) mass is 467 g/mol. The highest BCUT2D eigenvalue weighted by Crippen LogP contribution is 2.29. The number of anilines is 1. The van der Waals surface area contributed by atoms with Crippen molar-refractivity contribution in [1.29, 1.82) is 0 Å². The van der Waals surface area contributed by atoms with E-state index in [0.717, 1.165) is 32.1 Å². The molecule has 4 N–H and O–H groups in total. The highest BCUT2D eigenvalue weighted by atomic mass is 35.6. The number of thiocarbonyl (C=S) groups is 1. The van der Waals surface area contributed by atoms with Gasteiger partial charge in [0.1, 0.15) is 6.17 Å². The van der Waals surface area contributed by atoms with Gasteiger partial charge in [-0.05, 0) is 36.8 Å². The maximum Gasteiger partial charge on any atom is 0.335 e. The molecular weight excluding hydrogens is 445 g/mol. The third-order valence-corrected chi connectivity index (χ3v) is 4.66. The number of carbonyl (C=O) groups excluding carboxylic acids is 1. The molecule has 1 aromatic rings.